The van der Waals surface area contributed by atoms with E-state index in [1.807, 2.05) is 6.92 Å². The fourth-order valence-corrected chi connectivity index (χ4v) is 1.45. The highest BCUT2D eigenvalue weighted by Gasteiger charge is 2.14. The van der Waals surface area contributed by atoms with Crippen LogP contribution in [0.3, 0.4) is 0 Å². The van der Waals surface area contributed by atoms with Crippen LogP contribution < -0.4 is 0 Å². The Morgan fingerprint density at radius 2 is 2.33 bits per heavy atom. The van der Waals surface area contributed by atoms with Crippen LogP contribution in [0, 0.1) is 6.92 Å². The summed E-state index contributed by atoms with van der Waals surface area (Å²) >= 11 is 3.17. The molecular formula is C10H11BrN2O2. The molecule has 0 aliphatic rings. The number of carboxylic acids is 1. The van der Waals surface area contributed by atoms with E-state index in [9.17, 15) is 4.79 Å². The molecule has 4 nitrogen and oxygen atoms in total. The standard InChI is InChI=1S/C10H11BrN2O2/c1-3-4-7(10(14)15)9-6(2)12-5-8(11)13-9/h4-5H,3H2,1-2H3,(H,14,15)/b7-4+. The van der Waals surface area contributed by atoms with Gasteiger partial charge in [-0.25, -0.2) is 9.78 Å². The molecule has 0 bridgehead atoms. The predicted octanol–water partition coefficient (Wildman–Crippen LogP) is 2.43. The van der Waals surface area contributed by atoms with Crippen LogP contribution in [-0.2, 0) is 4.79 Å². The molecule has 0 radical (unpaired) electrons. The molecule has 0 saturated carbocycles. The fourth-order valence-electron chi connectivity index (χ4n) is 1.17. The monoisotopic (exact) mass is 270 g/mol. The Balaban J connectivity index is 3.28. The Hall–Kier alpha value is -1.23. The maximum Gasteiger partial charge on any atom is 0.337 e. The van der Waals surface area contributed by atoms with Gasteiger partial charge in [0.05, 0.1) is 23.2 Å². The van der Waals surface area contributed by atoms with E-state index in [0.29, 0.717) is 22.4 Å². The predicted molar refractivity (Wildman–Crippen MR) is 60.4 cm³/mol. The van der Waals surface area contributed by atoms with E-state index in [-0.39, 0.29) is 5.57 Å². The number of aliphatic carboxylic acids is 1. The van der Waals surface area contributed by atoms with Gasteiger partial charge in [0.1, 0.15) is 4.60 Å². The number of rotatable bonds is 3. The lowest BCUT2D eigenvalue weighted by Crippen LogP contribution is -2.05. The number of carboxylic acid groups (broad SMARTS) is 1. The number of halogens is 1. The Morgan fingerprint density at radius 1 is 1.67 bits per heavy atom. The first-order valence-electron chi connectivity index (χ1n) is 4.49. The van der Waals surface area contributed by atoms with Crippen LogP contribution in [0.25, 0.3) is 5.57 Å². The molecule has 1 heterocycles. The minimum atomic E-state index is -0.979. The summed E-state index contributed by atoms with van der Waals surface area (Å²) in [6.07, 6.45) is 3.82. The van der Waals surface area contributed by atoms with Gasteiger partial charge in [-0.1, -0.05) is 13.0 Å². The van der Waals surface area contributed by atoms with Crippen molar-refractivity contribution in [1.82, 2.24) is 9.97 Å². The van der Waals surface area contributed by atoms with Crippen molar-refractivity contribution >= 4 is 27.5 Å². The lowest BCUT2D eigenvalue weighted by molar-refractivity contribution is -0.130. The highest BCUT2D eigenvalue weighted by molar-refractivity contribution is 9.10. The minimum absolute atomic E-state index is 0.198. The summed E-state index contributed by atoms with van der Waals surface area (Å²) < 4.78 is 0.534. The molecule has 0 atom stereocenters. The Morgan fingerprint density at radius 3 is 2.87 bits per heavy atom. The highest BCUT2D eigenvalue weighted by atomic mass is 79.9. The summed E-state index contributed by atoms with van der Waals surface area (Å²) in [7, 11) is 0. The van der Waals surface area contributed by atoms with Gasteiger partial charge in [0.15, 0.2) is 0 Å². The van der Waals surface area contributed by atoms with Gasteiger partial charge in [0.2, 0.25) is 0 Å². The number of carbonyl (C=O) groups is 1. The van der Waals surface area contributed by atoms with Gasteiger partial charge >= 0.3 is 5.97 Å². The summed E-state index contributed by atoms with van der Waals surface area (Å²) in [6.45, 7) is 3.62. The third kappa shape index (κ3) is 2.86. The minimum Gasteiger partial charge on any atom is -0.478 e. The maximum absolute atomic E-state index is 11.0. The first-order chi connectivity index (χ1) is 7.06. The second kappa shape index (κ2) is 5.02. The molecule has 1 N–H and O–H groups in total. The largest absolute Gasteiger partial charge is 0.478 e. The number of aromatic nitrogens is 2. The zero-order valence-corrected chi connectivity index (χ0v) is 10.1. The van der Waals surface area contributed by atoms with Gasteiger partial charge in [-0.05, 0) is 29.3 Å². The first kappa shape index (κ1) is 11.8. The Kier molecular flexibility index (Phi) is 3.96. The van der Waals surface area contributed by atoms with Crippen molar-refractivity contribution in [2.24, 2.45) is 0 Å². The van der Waals surface area contributed by atoms with E-state index in [0.717, 1.165) is 0 Å². The number of aryl methyl sites for hydroxylation is 1. The number of allylic oxidation sites excluding steroid dienone is 1. The molecule has 80 valence electrons. The number of hydrogen-bond donors (Lipinski definition) is 1. The van der Waals surface area contributed by atoms with Crippen molar-refractivity contribution in [2.45, 2.75) is 20.3 Å². The van der Waals surface area contributed by atoms with Gasteiger partial charge in [-0.15, -0.1) is 0 Å². The molecule has 0 fully saturated rings. The van der Waals surface area contributed by atoms with Crippen LogP contribution in [0.2, 0.25) is 0 Å². The summed E-state index contributed by atoms with van der Waals surface area (Å²) in [6, 6.07) is 0. The number of hydrogen-bond acceptors (Lipinski definition) is 3. The van der Waals surface area contributed by atoms with E-state index in [1.54, 1.807) is 19.2 Å². The molecule has 0 aliphatic carbocycles. The second-order valence-electron chi connectivity index (χ2n) is 2.96. The molecule has 0 amide bonds. The molecule has 0 spiro atoms. The zero-order chi connectivity index (χ0) is 11.4. The lowest BCUT2D eigenvalue weighted by Gasteiger charge is -2.05. The molecule has 0 saturated heterocycles. The molecule has 0 aromatic carbocycles. The molecule has 15 heavy (non-hydrogen) atoms. The van der Waals surface area contributed by atoms with Crippen molar-refractivity contribution in [1.29, 1.82) is 0 Å². The van der Waals surface area contributed by atoms with E-state index in [1.165, 1.54) is 0 Å². The fraction of sp³-hybridized carbons (Fsp3) is 0.300. The lowest BCUT2D eigenvalue weighted by atomic mass is 10.1. The summed E-state index contributed by atoms with van der Waals surface area (Å²) in [4.78, 5) is 19.2. The first-order valence-corrected chi connectivity index (χ1v) is 5.28. The van der Waals surface area contributed by atoms with Crippen molar-refractivity contribution in [3.63, 3.8) is 0 Å². The second-order valence-corrected chi connectivity index (χ2v) is 3.77. The van der Waals surface area contributed by atoms with Crippen LogP contribution in [-0.4, -0.2) is 21.0 Å². The van der Waals surface area contributed by atoms with Crippen molar-refractivity contribution in [2.75, 3.05) is 0 Å². The van der Waals surface area contributed by atoms with E-state index >= 15 is 0 Å². The zero-order valence-electron chi connectivity index (χ0n) is 8.49. The van der Waals surface area contributed by atoms with E-state index < -0.39 is 5.97 Å². The highest BCUT2D eigenvalue weighted by Crippen LogP contribution is 2.18. The van der Waals surface area contributed by atoms with Crippen LogP contribution >= 0.6 is 15.9 Å². The molecule has 0 unspecified atom stereocenters. The summed E-state index contributed by atoms with van der Waals surface area (Å²) in [5.41, 5.74) is 1.22. The molecule has 5 heteroatoms. The maximum atomic E-state index is 11.0. The van der Waals surface area contributed by atoms with Crippen molar-refractivity contribution in [3.8, 4) is 0 Å². The van der Waals surface area contributed by atoms with Crippen molar-refractivity contribution in [3.05, 3.63) is 28.3 Å². The summed E-state index contributed by atoms with van der Waals surface area (Å²) in [5.74, 6) is -0.979. The quantitative estimate of drug-likeness (QED) is 0.857. The van der Waals surface area contributed by atoms with E-state index in [2.05, 4.69) is 25.9 Å². The average Bonchev–Trinajstić information content (AvgIpc) is 2.18. The van der Waals surface area contributed by atoms with Gasteiger partial charge in [-0.2, -0.15) is 0 Å². The third-order valence-corrected chi connectivity index (χ3v) is 2.20. The van der Waals surface area contributed by atoms with Crippen LogP contribution in [0.15, 0.2) is 16.9 Å². The van der Waals surface area contributed by atoms with Crippen LogP contribution in [0.1, 0.15) is 24.7 Å². The molecule has 0 aliphatic heterocycles. The van der Waals surface area contributed by atoms with Gasteiger partial charge < -0.3 is 5.11 Å². The summed E-state index contributed by atoms with van der Waals surface area (Å²) in [5, 5.41) is 9.02. The molecule has 1 aromatic rings. The normalized spacial score (nSPS) is 11.5. The van der Waals surface area contributed by atoms with Gasteiger partial charge in [0.25, 0.3) is 0 Å². The number of nitrogens with zero attached hydrogens (tertiary/aromatic N) is 2. The smallest absolute Gasteiger partial charge is 0.337 e. The van der Waals surface area contributed by atoms with Crippen LogP contribution in [0.4, 0.5) is 0 Å². The average molecular weight is 271 g/mol. The van der Waals surface area contributed by atoms with Crippen molar-refractivity contribution < 1.29 is 9.90 Å². The SMILES string of the molecule is CC/C=C(/C(=O)O)c1nc(Br)cnc1C. The van der Waals surface area contributed by atoms with Gasteiger partial charge in [0, 0.05) is 0 Å². The molecule has 1 aromatic heterocycles. The Bertz CT molecular complexity index is 416. The third-order valence-electron chi connectivity index (χ3n) is 1.82. The van der Waals surface area contributed by atoms with Crippen LogP contribution in [0.5, 0.6) is 0 Å². The van der Waals surface area contributed by atoms with Gasteiger partial charge in [-0.3, -0.25) is 4.98 Å². The topological polar surface area (TPSA) is 63.1 Å². The molecular weight excluding hydrogens is 260 g/mol. The molecule has 1 rings (SSSR count). The Labute approximate surface area is 96.2 Å². The van der Waals surface area contributed by atoms with E-state index in [4.69, 9.17) is 5.11 Å².